The molecular formula is C13H17NO3S. The number of carboxylic acid groups (broad SMARTS) is 1. The van der Waals surface area contributed by atoms with Gasteiger partial charge in [0.05, 0.1) is 0 Å². The minimum absolute atomic E-state index is 0.341. The molecule has 0 saturated heterocycles. The number of nitrogens with one attached hydrogen (secondary N) is 1. The molecule has 98 valence electrons. The van der Waals surface area contributed by atoms with Gasteiger partial charge in [0.25, 0.3) is 5.91 Å². The smallest absolute Gasteiger partial charge is 0.326 e. The van der Waals surface area contributed by atoms with E-state index in [0.717, 1.165) is 4.90 Å². The lowest BCUT2D eigenvalue weighted by Crippen LogP contribution is -2.40. The SMILES string of the molecule is CCCC(NC(=O)c1cccc(SC)c1)C(=O)O. The maximum Gasteiger partial charge on any atom is 0.326 e. The molecule has 4 nitrogen and oxygen atoms in total. The number of benzene rings is 1. The molecule has 0 aromatic heterocycles. The minimum atomic E-state index is -0.994. The molecule has 1 aromatic rings. The van der Waals surface area contributed by atoms with Crippen LogP contribution in [-0.2, 0) is 4.79 Å². The van der Waals surface area contributed by atoms with Gasteiger partial charge in [-0.05, 0) is 30.9 Å². The third kappa shape index (κ3) is 4.07. The Morgan fingerprint density at radius 2 is 2.17 bits per heavy atom. The van der Waals surface area contributed by atoms with Crippen molar-refractivity contribution >= 4 is 23.6 Å². The number of rotatable bonds is 6. The van der Waals surface area contributed by atoms with Crippen LogP contribution in [-0.4, -0.2) is 29.3 Å². The van der Waals surface area contributed by atoms with Crippen molar-refractivity contribution in [2.75, 3.05) is 6.26 Å². The van der Waals surface area contributed by atoms with Crippen LogP contribution in [0, 0.1) is 0 Å². The second-order valence-electron chi connectivity index (χ2n) is 3.88. The number of carbonyl (C=O) groups is 2. The van der Waals surface area contributed by atoms with Crippen molar-refractivity contribution in [2.24, 2.45) is 0 Å². The number of amides is 1. The van der Waals surface area contributed by atoms with Crippen molar-refractivity contribution in [1.29, 1.82) is 0 Å². The zero-order valence-electron chi connectivity index (χ0n) is 10.5. The van der Waals surface area contributed by atoms with Gasteiger partial charge >= 0.3 is 5.97 Å². The van der Waals surface area contributed by atoms with E-state index < -0.39 is 12.0 Å². The molecule has 0 radical (unpaired) electrons. The first-order valence-electron chi connectivity index (χ1n) is 5.76. The van der Waals surface area contributed by atoms with E-state index in [1.807, 2.05) is 19.2 Å². The van der Waals surface area contributed by atoms with E-state index in [4.69, 9.17) is 5.11 Å². The molecule has 1 unspecified atom stereocenters. The third-order valence-electron chi connectivity index (χ3n) is 2.51. The zero-order valence-corrected chi connectivity index (χ0v) is 11.3. The van der Waals surface area contributed by atoms with Gasteiger partial charge in [-0.2, -0.15) is 0 Å². The van der Waals surface area contributed by atoms with Gasteiger partial charge in [-0.15, -0.1) is 11.8 Å². The number of hydrogen-bond donors (Lipinski definition) is 2. The monoisotopic (exact) mass is 267 g/mol. The summed E-state index contributed by atoms with van der Waals surface area (Å²) in [5.74, 6) is -1.34. The fourth-order valence-corrected chi connectivity index (χ4v) is 2.01. The number of hydrogen-bond acceptors (Lipinski definition) is 3. The molecule has 1 atom stereocenters. The number of carbonyl (C=O) groups excluding carboxylic acids is 1. The highest BCUT2D eigenvalue weighted by molar-refractivity contribution is 7.98. The maximum atomic E-state index is 11.9. The highest BCUT2D eigenvalue weighted by atomic mass is 32.2. The summed E-state index contributed by atoms with van der Waals surface area (Å²) in [5.41, 5.74) is 0.490. The van der Waals surface area contributed by atoms with Crippen LogP contribution in [0.1, 0.15) is 30.1 Å². The summed E-state index contributed by atoms with van der Waals surface area (Å²) in [6.07, 6.45) is 3.07. The van der Waals surface area contributed by atoms with E-state index in [-0.39, 0.29) is 5.91 Å². The average molecular weight is 267 g/mol. The van der Waals surface area contributed by atoms with Gasteiger partial charge in [0.1, 0.15) is 6.04 Å². The second-order valence-corrected chi connectivity index (χ2v) is 4.76. The molecule has 0 fully saturated rings. The first-order chi connectivity index (χ1) is 8.58. The molecule has 0 saturated carbocycles. The van der Waals surface area contributed by atoms with E-state index >= 15 is 0 Å². The molecule has 1 aromatic carbocycles. The predicted molar refractivity (Wildman–Crippen MR) is 72.0 cm³/mol. The topological polar surface area (TPSA) is 66.4 Å². The van der Waals surface area contributed by atoms with Crippen molar-refractivity contribution in [3.8, 4) is 0 Å². The largest absolute Gasteiger partial charge is 0.480 e. The lowest BCUT2D eigenvalue weighted by molar-refractivity contribution is -0.139. The van der Waals surface area contributed by atoms with Crippen LogP contribution in [0.3, 0.4) is 0 Å². The predicted octanol–water partition coefficient (Wildman–Crippen LogP) is 2.39. The highest BCUT2D eigenvalue weighted by Crippen LogP contribution is 2.16. The maximum absolute atomic E-state index is 11.9. The van der Waals surface area contributed by atoms with Gasteiger partial charge < -0.3 is 10.4 Å². The van der Waals surface area contributed by atoms with E-state index in [9.17, 15) is 9.59 Å². The molecular weight excluding hydrogens is 250 g/mol. The Morgan fingerprint density at radius 3 is 2.72 bits per heavy atom. The van der Waals surface area contributed by atoms with Gasteiger partial charge in [0, 0.05) is 10.5 Å². The summed E-state index contributed by atoms with van der Waals surface area (Å²) in [6, 6.07) is 6.31. The molecule has 5 heteroatoms. The van der Waals surface area contributed by atoms with E-state index in [2.05, 4.69) is 5.32 Å². The van der Waals surface area contributed by atoms with Crippen molar-refractivity contribution in [2.45, 2.75) is 30.7 Å². The molecule has 0 aliphatic heterocycles. The third-order valence-corrected chi connectivity index (χ3v) is 3.24. The van der Waals surface area contributed by atoms with Crippen LogP contribution in [0.25, 0.3) is 0 Å². The Morgan fingerprint density at radius 1 is 1.44 bits per heavy atom. The summed E-state index contributed by atoms with van der Waals surface area (Å²) in [7, 11) is 0. The van der Waals surface area contributed by atoms with E-state index in [1.165, 1.54) is 11.8 Å². The average Bonchev–Trinajstić information content (AvgIpc) is 2.38. The molecule has 0 spiro atoms. The summed E-state index contributed by atoms with van der Waals surface area (Å²) in [6.45, 7) is 1.89. The fraction of sp³-hybridized carbons (Fsp3) is 0.385. The fourth-order valence-electron chi connectivity index (χ4n) is 1.55. The van der Waals surface area contributed by atoms with Crippen LogP contribution in [0.15, 0.2) is 29.2 Å². The number of carboxylic acids is 1. The summed E-state index contributed by atoms with van der Waals surface area (Å²) in [5, 5.41) is 11.5. The second kappa shape index (κ2) is 7.06. The quantitative estimate of drug-likeness (QED) is 0.777. The molecule has 0 heterocycles. The van der Waals surface area contributed by atoms with Crippen LogP contribution in [0.5, 0.6) is 0 Å². The van der Waals surface area contributed by atoms with Gasteiger partial charge in [0.2, 0.25) is 0 Å². The van der Waals surface area contributed by atoms with Gasteiger partial charge in [0.15, 0.2) is 0 Å². The standard InChI is InChI=1S/C13H17NO3S/c1-3-5-11(13(16)17)14-12(15)9-6-4-7-10(8-9)18-2/h4,6-8,11H,3,5H2,1-2H3,(H,14,15)(H,16,17). The molecule has 0 aliphatic carbocycles. The van der Waals surface area contributed by atoms with Crippen molar-refractivity contribution < 1.29 is 14.7 Å². The zero-order chi connectivity index (χ0) is 13.5. The van der Waals surface area contributed by atoms with Crippen LogP contribution in [0.2, 0.25) is 0 Å². The Hall–Kier alpha value is -1.49. The van der Waals surface area contributed by atoms with Crippen LogP contribution < -0.4 is 5.32 Å². The van der Waals surface area contributed by atoms with Gasteiger partial charge in [-0.3, -0.25) is 4.79 Å². The molecule has 18 heavy (non-hydrogen) atoms. The van der Waals surface area contributed by atoms with Crippen LogP contribution in [0.4, 0.5) is 0 Å². The lowest BCUT2D eigenvalue weighted by Gasteiger charge is -2.13. The number of aliphatic carboxylic acids is 1. The Kier molecular flexibility index (Phi) is 5.71. The normalized spacial score (nSPS) is 11.9. The first kappa shape index (κ1) is 14.6. The molecule has 1 rings (SSSR count). The summed E-state index contributed by atoms with van der Waals surface area (Å²) < 4.78 is 0. The number of thioether (sulfide) groups is 1. The Balaban J connectivity index is 2.76. The Bertz CT molecular complexity index is 434. The van der Waals surface area contributed by atoms with Crippen molar-refractivity contribution in [3.05, 3.63) is 29.8 Å². The van der Waals surface area contributed by atoms with Gasteiger partial charge in [-0.1, -0.05) is 19.4 Å². The minimum Gasteiger partial charge on any atom is -0.480 e. The first-order valence-corrected chi connectivity index (χ1v) is 6.98. The molecule has 1 amide bonds. The van der Waals surface area contributed by atoms with Crippen LogP contribution >= 0.6 is 11.8 Å². The molecule has 0 aliphatic rings. The summed E-state index contributed by atoms with van der Waals surface area (Å²) >= 11 is 1.54. The Labute approximate surface area is 111 Å². The van der Waals surface area contributed by atoms with Gasteiger partial charge in [-0.25, -0.2) is 4.79 Å². The van der Waals surface area contributed by atoms with E-state index in [1.54, 1.807) is 18.2 Å². The highest BCUT2D eigenvalue weighted by Gasteiger charge is 2.19. The molecule has 2 N–H and O–H groups in total. The lowest BCUT2D eigenvalue weighted by atomic mass is 10.1. The van der Waals surface area contributed by atoms with Crippen molar-refractivity contribution in [3.63, 3.8) is 0 Å². The van der Waals surface area contributed by atoms with Crippen molar-refractivity contribution in [1.82, 2.24) is 5.32 Å². The summed E-state index contributed by atoms with van der Waals surface area (Å²) in [4.78, 5) is 23.9. The molecule has 0 bridgehead atoms. The van der Waals surface area contributed by atoms with E-state index in [0.29, 0.717) is 18.4 Å².